The molecule has 0 unspecified atom stereocenters. The van der Waals surface area contributed by atoms with Gasteiger partial charge in [-0.2, -0.15) is 0 Å². The first-order valence-corrected chi connectivity index (χ1v) is 6.48. The van der Waals surface area contributed by atoms with Crippen molar-refractivity contribution in [2.75, 3.05) is 33.3 Å². The summed E-state index contributed by atoms with van der Waals surface area (Å²) < 4.78 is 5.26. The first-order chi connectivity index (χ1) is 8.65. The molecule has 0 aromatic rings. The van der Waals surface area contributed by atoms with Crippen LogP contribution in [-0.2, 0) is 9.53 Å². The maximum Gasteiger partial charge on any atom is 0.321 e. The number of carbonyl (C=O) groups is 2. The van der Waals surface area contributed by atoms with E-state index in [-0.39, 0.29) is 12.5 Å². The zero-order valence-corrected chi connectivity index (χ0v) is 11.2. The molecule has 1 saturated heterocycles. The molecule has 1 rings (SSSR count). The summed E-state index contributed by atoms with van der Waals surface area (Å²) in [6.07, 6.45) is 3.03. The summed E-state index contributed by atoms with van der Waals surface area (Å²) in [5.74, 6) is -0.250. The van der Waals surface area contributed by atoms with E-state index in [1.54, 1.807) is 7.11 Å². The van der Waals surface area contributed by atoms with Crippen LogP contribution in [0, 0.1) is 0 Å². The molecule has 6 heteroatoms. The van der Waals surface area contributed by atoms with Crippen LogP contribution in [0.3, 0.4) is 0 Å². The van der Waals surface area contributed by atoms with Gasteiger partial charge in [-0.3, -0.25) is 15.0 Å². The molecule has 104 valence electrons. The van der Waals surface area contributed by atoms with Crippen molar-refractivity contribution >= 4 is 11.9 Å². The normalized spacial score (nSPS) is 17.4. The zero-order chi connectivity index (χ0) is 13.4. The van der Waals surface area contributed by atoms with Crippen molar-refractivity contribution in [1.82, 2.24) is 15.5 Å². The van der Waals surface area contributed by atoms with E-state index in [1.807, 2.05) is 11.8 Å². The SMILES string of the molecule is CCCNC(=O)NC(=O)CN1CCC(OC)CC1. The average molecular weight is 257 g/mol. The van der Waals surface area contributed by atoms with Crippen LogP contribution < -0.4 is 10.6 Å². The average Bonchev–Trinajstić information content (AvgIpc) is 2.37. The summed E-state index contributed by atoms with van der Waals surface area (Å²) in [5, 5.41) is 4.93. The number of imide groups is 1. The quantitative estimate of drug-likeness (QED) is 0.745. The summed E-state index contributed by atoms with van der Waals surface area (Å²) in [4.78, 5) is 24.9. The number of urea groups is 1. The first-order valence-electron chi connectivity index (χ1n) is 6.48. The molecule has 3 amide bonds. The van der Waals surface area contributed by atoms with E-state index in [2.05, 4.69) is 10.6 Å². The van der Waals surface area contributed by atoms with Gasteiger partial charge in [0, 0.05) is 26.7 Å². The van der Waals surface area contributed by atoms with E-state index < -0.39 is 6.03 Å². The molecule has 0 atom stereocenters. The minimum Gasteiger partial charge on any atom is -0.381 e. The van der Waals surface area contributed by atoms with Crippen molar-refractivity contribution in [2.24, 2.45) is 0 Å². The molecule has 0 aromatic heterocycles. The Morgan fingerprint density at radius 2 is 2.00 bits per heavy atom. The lowest BCUT2D eigenvalue weighted by Gasteiger charge is -2.30. The monoisotopic (exact) mass is 257 g/mol. The fraction of sp³-hybridized carbons (Fsp3) is 0.833. The number of nitrogens with zero attached hydrogens (tertiary/aromatic N) is 1. The van der Waals surface area contributed by atoms with E-state index in [9.17, 15) is 9.59 Å². The van der Waals surface area contributed by atoms with Gasteiger partial charge in [-0.05, 0) is 19.3 Å². The summed E-state index contributed by atoms with van der Waals surface area (Å²) >= 11 is 0. The van der Waals surface area contributed by atoms with Crippen LogP contribution in [0.5, 0.6) is 0 Å². The van der Waals surface area contributed by atoms with Crippen molar-refractivity contribution in [3.8, 4) is 0 Å². The Morgan fingerprint density at radius 3 is 2.56 bits per heavy atom. The lowest BCUT2D eigenvalue weighted by Crippen LogP contribution is -2.47. The van der Waals surface area contributed by atoms with Gasteiger partial charge in [-0.1, -0.05) is 6.92 Å². The van der Waals surface area contributed by atoms with Crippen LogP contribution in [0.25, 0.3) is 0 Å². The highest BCUT2D eigenvalue weighted by atomic mass is 16.5. The smallest absolute Gasteiger partial charge is 0.321 e. The van der Waals surface area contributed by atoms with Crippen molar-refractivity contribution < 1.29 is 14.3 Å². The third kappa shape index (κ3) is 5.46. The standard InChI is InChI=1S/C12H23N3O3/c1-3-6-13-12(17)14-11(16)9-15-7-4-10(18-2)5-8-15/h10H,3-9H2,1-2H3,(H2,13,14,16,17). The maximum absolute atomic E-state index is 11.6. The molecule has 18 heavy (non-hydrogen) atoms. The second kappa shape index (κ2) is 8.05. The molecular formula is C12H23N3O3. The Balaban J connectivity index is 2.18. The maximum atomic E-state index is 11.6. The fourth-order valence-corrected chi connectivity index (χ4v) is 1.96. The van der Waals surface area contributed by atoms with Crippen LogP contribution in [-0.4, -0.2) is 56.2 Å². The largest absolute Gasteiger partial charge is 0.381 e. The van der Waals surface area contributed by atoms with Crippen molar-refractivity contribution in [3.05, 3.63) is 0 Å². The van der Waals surface area contributed by atoms with Gasteiger partial charge in [0.05, 0.1) is 12.6 Å². The molecule has 2 N–H and O–H groups in total. The van der Waals surface area contributed by atoms with Crippen molar-refractivity contribution in [2.45, 2.75) is 32.3 Å². The molecule has 0 aromatic carbocycles. The Morgan fingerprint density at radius 1 is 1.33 bits per heavy atom. The number of ether oxygens (including phenoxy) is 1. The van der Waals surface area contributed by atoms with Gasteiger partial charge in [0.1, 0.15) is 0 Å². The van der Waals surface area contributed by atoms with E-state index >= 15 is 0 Å². The Bertz CT molecular complexity index is 276. The minimum atomic E-state index is -0.409. The highest BCUT2D eigenvalue weighted by Crippen LogP contribution is 2.11. The number of carbonyl (C=O) groups excluding carboxylic acids is 2. The number of amides is 3. The minimum absolute atomic E-state index is 0.250. The second-order valence-corrected chi connectivity index (χ2v) is 4.52. The van der Waals surface area contributed by atoms with Gasteiger partial charge in [0.25, 0.3) is 0 Å². The van der Waals surface area contributed by atoms with E-state index in [0.717, 1.165) is 32.4 Å². The van der Waals surface area contributed by atoms with Crippen LogP contribution >= 0.6 is 0 Å². The molecule has 6 nitrogen and oxygen atoms in total. The van der Waals surface area contributed by atoms with Gasteiger partial charge in [0.15, 0.2) is 0 Å². The molecular weight excluding hydrogens is 234 g/mol. The molecule has 0 radical (unpaired) electrons. The third-order valence-corrected chi connectivity index (χ3v) is 3.02. The number of rotatable bonds is 5. The predicted molar refractivity (Wildman–Crippen MR) is 68.3 cm³/mol. The van der Waals surface area contributed by atoms with Crippen molar-refractivity contribution in [1.29, 1.82) is 0 Å². The molecule has 0 saturated carbocycles. The van der Waals surface area contributed by atoms with Crippen LogP contribution in [0.15, 0.2) is 0 Å². The molecule has 1 aliphatic heterocycles. The summed E-state index contributed by atoms with van der Waals surface area (Å²) in [6.45, 7) is 4.49. The molecule has 1 heterocycles. The van der Waals surface area contributed by atoms with E-state index in [1.165, 1.54) is 0 Å². The van der Waals surface area contributed by atoms with Gasteiger partial charge in [-0.15, -0.1) is 0 Å². The molecule has 1 aliphatic rings. The molecule has 0 aliphatic carbocycles. The van der Waals surface area contributed by atoms with Gasteiger partial charge < -0.3 is 10.1 Å². The summed E-state index contributed by atoms with van der Waals surface area (Å²) in [7, 11) is 1.71. The number of hydrogen-bond acceptors (Lipinski definition) is 4. The number of hydrogen-bond donors (Lipinski definition) is 2. The highest BCUT2D eigenvalue weighted by Gasteiger charge is 2.20. The second-order valence-electron chi connectivity index (χ2n) is 4.52. The first kappa shape index (κ1) is 14.9. The zero-order valence-electron chi connectivity index (χ0n) is 11.2. The lowest BCUT2D eigenvalue weighted by atomic mass is 10.1. The molecule has 0 spiro atoms. The summed E-state index contributed by atoms with van der Waals surface area (Å²) in [6, 6.07) is -0.409. The lowest BCUT2D eigenvalue weighted by molar-refractivity contribution is -0.121. The Kier molecular flexibility index (Phi) is 6.67. The topological polar surface area (TPSA) is 70.7 Å². The predicted octanol–water partition coefficient (Wildman–Crippen LogP) is 0.333. The van der Waals surface area contributed by atoms with Crippen LogP contribution in [0.4, 0.5) is 4.79 Å². The summed E-state index contributed by atoms with van der Waals surface area (Å²) in [5.41, 5.74) is 0. The van der Waals surface area contributed by atoms with E-state index in [4.69, 9.17) is 4.74 Å². The van der Waals surface area contributed by atoms with Gasteiger partial charge >= 0.3 is 6.03 Å². The van der Waals surface area contributed by atoms with Gasteiger partial charge in [-0.25, -0.2) is 4.79 Å². The third-order valence-electron chi connectivity index (χ3n) is 3.02. The Hall–Kier alpha value is -1.14. The Labute approximate surface area is 108 Å². The van der Waals surface area contributed by atoms with E-state index in [0.29, 0.717) is 12.6 Å². The number of methoxy groups -OCH3 is 1. The fourth-order valence-electron chi connectivity index (χ4n) is 1.96. The molecule has 0 bridgehead atoms. The highest BCUT2D eigenvalue weighted by molar-refractivity contribution is 5.95. The number of likely N-dealkylation sites (tertiary alicyclic amines) is 1. The number of nitrogens with one attached hydrogen (secondary N) is 2. The van der Waals surface area contributed by atoms with Crippen LogP contribution in [0.1, 0.15) is 26.2 Å². The van der Waals surface area contributed by atoms with Gasteiger partial charge in [0.2, 0.25) is 5.91 Å². The molecule has 1 fully saturated rings. The van der Waals surface area contributed by atoms with Crippen LogP contribution in [0.2, 0.25) is 0 Å². The van der Waals surface area contributed by atoms with Crippen molar-refractivity contribution in [3.63, 3.8) is 0 Å². The number of piperidine rings is 1.